The van der Waals surface area contributed by atoms with E-state index >= 15 is 0 Å². The summed E-state index contributed by atoms with van der Waals surface area (Å²) in [6, 6.07) is 9.11. The van der Waals surface area contributed by atoms with Gasteiger partial charge in [0.1, 0.15) is 11.9 Å². The Hall–Kier alpha value is -0.830. The van der Waals surface area contributed by atoms with Gasteiger partial charge in [0.25, 0.3) is 0 Å². The molecule has 1 rings (SSSR count). The molecular formula is C9H9BrO2. The average molecular weight is 231 g/mol. The van der Waals surface area contributed by atoms with Crippen molar-refractivity contribution in [3.8, 4) is 0 Å². The largest absolute Gasteiger partial charge is 0.460 e. The third kappa shape index (κ3) is 3.05. The van der Waals surface area contributed by atoms with Gasteiger partial charge in [0.15, 0.2) is 0 Å². The molecule has 0 bridgehead atoms. The Kier molecular flexibility index (Phi) is 2.74. The van der Waals surface area contributed by atoms with Crippen LogP contribution in [0.1, 0.15) is 8.30 Å². The standard InChI is InChI=1S/C9H9BrO2/c10-6-9(11)12-7-8-4-2-1-3-5-8/h1-5H,6-7H2/i6D2. The molecule has 0 unspecified atom stereocenters. The molecule has 0 saturated heterocycles. The molecule has 1 aromatic carbocycles. The normalized spacial score (nSPS) is 13.1. The number of ether oxygens (including phenoxy) is 1. The van der Waals surface area contributed by atoms with Crippen molar-refractivity contribution in [3.63, 3.8) is 0 Å². The van der Waals surface area contributed by atoms with Gasteiger partial charge < -0.3 is 4.74 Å². The van der Waals surface area contributed by atoms with Crippen molar-refractivity contribution in [1.29, 1.82) is 0 Å². The maximum Gasteiger partial charge on any atom is 0.316 e. The number of benzene rings is 1. The van der Waals surface area contributed by atoms with Gasteiger partial charge >= 0.3 is 5.97 Å². The maximum atomic E-state index is 11.0. The highest BCUT2D eigenvalue weighted by atomic mass is 79.9. The van der Waals surface area contributed by atoms with Crippen LogP contribution in [0.5, 0.6) is 0 Å². The van der Waals surface area contributed by atoms with Crippen molar-refractivity contribution < 1.29 is 12.3 Å². The van der Waals surface area contributed by atoms with E-state index in [0.29, 0.717) is 0 Å². The molecule has 0 radical (unpaired) electrons. The smallest absolute Gasteiger partial charge is 0.316 e. The highest BCUT2D eigenvalue weighted by Gasteiger charge is 1.98. The monoisotopic (exact) mass is 230 g/mol. The molecule has 0 heterocycles. The molecule has 1 aromatic rings. The molecule has 0 spiro atoms. The predicted octanol–water partition coefficient (Wildman–Crippen LogP) is 2.12. The van der Waals surface area contributed by atoms with Crippen molar-refractivity contribution in [2.75, 3.05) is 5.28 Å². The Morgan fingerprint density at radius 2 is 2.17 bits per heavy atom. The summed E-state index contributed by atoms with van der Waals surface area (Å²) in [4.78, 5) is 11.0. The molecule has 0 aliphatic heterocycles. The Morgan fingerprint density at radius 1 is 1.50 bits per heavy atom. The number of esters is 1. The van der Waals surface area contributed by atoms with Crippen molar-refractivity contribution in [1.82, 2.24) is 0 Å². The van der Waals surface area contributed by atoms with Gasteiger partial charge in [-0.2, -0.15) is 0 Å². The number of carbonyl (C=O) groups excluding carboxylic acids is 1. The van der Waals surface area contributed by atoms with Crippen molar-refractivity contribution in [3.05, 3.63) is 35.9 Å². The quantitative estimate of drug-likeness (QED) is 0.588. The van der Waals surface area contributed by atoms with E-state index in [4.69, 9.17) is 7.48 Å². The molecule has 0 saturated carbocycles. The van der Waals surface area contributed by atoms with Crippen LogP contribution in [0.2, 0.25) is 0 Å². The zero-order valence-electron chi connectivity index (χ0n) is 8.29. The van der Waals surface area contributed by atoms with Crippen LogP contribution < -0.4 is 0 Å². The van der Waals surface area contributed by atoms with E-state index in [1.807, 2.05) is 18.2 Å². The van der Waals surface area contributed by atoms with E-state index in [0.717, 1.165) is 5.56 Å². The van der Waals surface area contributed by atoms with Gasteiger partial charge in [0.05, 0.1) is 2.74 Å². The van der Waals surface area contributed by atoms with Crippen molar-refractivity contribution in [2.24, 2.45) is 0 Å². The number of halogens is 1. The fourth-order valence-electron chi connectivity index (χ4n) is 0.750. The lowest BCUT2D eigenvalue weighted by molar-refractivity contribution is -0.141. The Labute approximate surface area is 82.5 Å². The van der Waals surface area contributed by atoms with Gasteiger partial charge in [-0.15, -0.1) is 0 Å². The van der Waals surface area contributed by atoms with Crippen LogP contribution in [-0.4, -0.2) is 11.3 Å². The third-order valence-electron chi connectivity index (χ3n) is 1.29. The summed E-state index contributed by atoms with van der Waals surface area (Å²) in [5, 5.41) is -2.11. The Morgan fingerprint density at radius 3 is 2.75 bits per heavy atom. The second-order valence-electron chi connectivity index (χ2n) is 2.16. The lowest BCUT2D eigenvalue weighted by atomic mass is 10.2. The number of alkyl halides is 1. The first-order valence-electron chi connectivity index (χ1n) is 4.40. The van der Waals surface area contributed by atoms with Crippen LogP contribution in [0.15, 0.2) is 30.3 Å². The predicted molar refractivity (Wildman–Crippen MR) is 50.0 cm³/mol. The lowest BCUT2D eigenvalue weighted by Gasteiger charge is -2.01. The summed E-state index contributed by atoms with van der Waals surface area (Å²) in [7, 11) is 0. The molecule has 0 N–H and O–H groups in total. The number of hydrogen-bond acceptors (Lipinski definition) is 2. The molecule has 2 nitrogen and oxygen atoms in total. The van der Waals surface area contributed by atoms with Crippen LogP contribution in [0, 0.1) is 0 Å². The van der Waals surface area contributed by atoms with Crippen LogP contribution in [-0.2, 0) is 16.1 Å². The van der Waals surface area contributed by atoms with E-state index in [9.17, 15) is 4.79 Å². The number of hydrogen-bond donors (Lipinski definition) is 0. The van der Waals surface area contributed by atoms with Crippen LogP contribution >= 0.6 is 15.9 Å². The molecule has 3 heteroatoms. The fourth-order valence-corrected chi connectivity index (χ4v) is 0.865. The summed E-state index contributed by atoms with van der Waals surface area (Å²) in [6.45, 7) is 0.0881. The molecule has 0 aliphatic rings. The molecular weight excluding hydrogens is 220 g/mol. The van der Waals surface area contributed by atoms with E-state index in [1.54, 1.807) is 12.1 Å². The van der Waals surface area contributed by atoms with Crippen LogP contribution in [0.25, 0.3) is 0 Å². The maximum absolute atomic E-state index is 11.0. The van der Waals surface area contributed by atoms with Crippen molar-refractivity contribution in [2.45, 2.75) is 6.61 Å². The molecule has 12 heavy (non-hydrogen) atoms. The van der Waals surface area contributed by atoms with Gasteiger partial charge in [0, 0.05) is 0 Å². The molecule has 0 amide bonds. The summed E-state index contributed by atoms with van der Waals surface area (Å²) >= 11 is 2.58. The summed E-state index contributed by atoms with van der Waals surface area (Å²) in [5.74, 6) is -0.915. The minimum absolute atomic E-state index is 0.0881. The van der Waals surface area contributed by atoms with E-state index in [-0.39, 0.29) is 6.61 Å². The first-order valence-corrected chi connectivity index (χ1v) is 4.19. The van der Waals surface area contributed by atoms with Crippen molar-refractivity contribution >= 4 is 21.9 Å². The Bertz CT molecular complexity index is 308. The minimum Gasteiger partial charge on any atom is -0.460 e. The minimum atomic E-state index is -2.11. The van der Waals surface area contributed by atoms with E-state index in [2.05, 4.69) is 15.9 Å². The molecule has 0 aliphatic carbocycles. The zero-order valence-corrected chi connectivity index (χ0v) is 7.87. The first kappa shape index (κ1) is 6.66. The summed E-state index contributed by atoms with van der Waals surface area (Å²) in [5.41, 5.74) is 0.831. The second-order valence-corrected chi connectivity index (χ2v) is 2.55. The summed E-state index contributed by atoms with van der Waals surface area (Å²) in [6.07, 6.45) is 0. The van der Waals surface area contributed by atoms with Gasteiger partial charge in [-0.1, -0.05) is 46.3 Å². The molecule has 0 fully saturated rings. The topological polar surface area (TPSA) is 26.3 Å². The van der Waals surface area contributed by atoms with Gasteiger partial charge in [0.2, 0.25) is 0 Å². The molecule has 64 valence electrons. The highest BCUT2D eigenvalue weighted by molar-refractivity contribution is 9.09. The fraction of sp³-hybridized carbons (Fsp3) is 0.222. The Balaban J connectivity index is 2.46. The average Bonchev–Trinajstić information content (AvgIpc) is 2.14. The third-order valence-corrected chi connectivity index (χ3v) is 1.61. The van der Waals surface area contributed by atoms with E-state index in [1.165, 1.54) is 0 Å². The van der Waals surface area contributed by atoms with Gasteiger partial charge in [-0.3, -0.25) is 4.79 Å². The molecule has 0 atom stereocenters. The van der Waals surface area contributed by atoms with Gasteiger partial charge in [-0.05, 0) is 5.56 Å². The molecule has 0 aromatic heterocycles. The van der Waals surface area contributed by atoms with Crippen LogP contribution in [0.4, 0.5) is 0 Å². The van der Waals surface area contributed by atoms with E-state index < -0.39 is 11.3 Å². The SMILES string of the molecule is [2H]C([2H])(Br)C(=O)OCc1ccccc1. The number of carbonyl (C=O) groups is 1. The van der Waals surface area contributed by atoms with Gasteiger partial charge in [-0.25, -0.2) is 0 Å². The first-order chi connectivity index (χ1) is 6.50. The second kappa shape index (κ2) is 4.93. The number of rotatable bonds is 3. The zero-order chi connectivity index (χ0) is 10.6. The summed E-state index contributed by atoms with van der Waals surface area (Å²) < 4.78 is 18.8. The van der Waals surface area contributed by atoms with Crippen LogP contribution in [0.3, 0.4) is 0 Å². The highest BCUT2D eigenvalue weighted by Crippen LogP contribution is 2.00. The lowest BCUT2D eigenvalue weighted by Crippen LogP contribution is -2.04.